The standard InChI is InChI=1S/C20H30BN3O2/c1-14-11-20(12-14,17(23)24(6)13-22)15-8-7-9-16(10-15)21-25-18(2,3)19(4,5)26-21/h7-10,13-14,22-23H,11-12H2,1-6H3. The summed E-state index contributed by atoms with van der Waals surface area (Å²) in [6.07, 6.45) is 3.07. The Morgan fingerprint density at radius 1 is 1.19 bits per heavy atom. The van der Waals surface area contributed by atoms with Crippen molar-refractivity contribution in [3.8, 4) is 0 Å². The Bertz CT molecular complexity index is 710. The van der Waals surface area contributed by atoms with Crippen LogP contribution in [0.15, 0.2) is 24.3 Å². The molecular weight excluding hydrogens is 325 g/mol. The molecule has 1 heterocycles. The Labute approximate surface area is 157 Å². The quantitative estimate of drug-likeness (QED) is 0.495. The molecule has 6 heteroatoms. The Hall–Kier alpha value is -1.66. The molecule has 0 unspecified atom stereocenters. The monoisotopic (exact) mass is 355 g/mol. The summed E-state index contributed by atoms with van der Waals surface area (Å²) >= 11 is 0. The average molecular weight is 355 g/mol. The summed E-state index contributed by atoms with van der Waals surface area (Å²) in [6.45, 7) is 10.4. The highest BCUT2D eigenvalue weighted by Gasteiger charge is 2.53. The highest BCUT2D eigenvalue weighted by molar-refractivity contribution is 6.62. The van der Waals surface area contributed by atoms with Gasteiger partial charge in [0.15, 0.2) is 0 Å². The molecule has 26 heavy (non-hydrogen) atoms. The van der Waals surface area contributed by atoms with Crippen LogP contribution in [-0.4, -0.2) is 42.4 Å². The second-order valence-corrected chi connectivity index (χ2v) is 8.90. The minimum Gasteiger partial charge on any atom is -0.399 e. The Morgan fingerprint density at radius 2 is 1.77 bits per heavy atom. The number of rotatable bonds is 4. The van der Waals surface area contributed by atoms with Gasteiger partial charge in [-0.3, -0.25) is 10.8 Å². The van der Waals surface area contributed by atoms with E-state index in [1.807, 2.05) is 12.1 Å². The van der Waals surface area contributed by atoms with Gasteiger partial charge in [-0.2, -0.15) is 0 Å². The number of nitrogens with zero attached hydrogens (tertiary/aromatic N) is 1. The fraction of sp³-hybridized carbons (Fsp3) is 0.600. The molecule has 1 aliphatic carbocycles. The van der Waals surface area contributed by atoms with E-state index >= 15 is 0 Å². The van der Waals surface area contributed by atoms with E-state index in [2.05, 4.69) is 46.8 Å². The topological polar surface area (TPSA) is 69.4 Å². The van der Waals surface area contributed by atoms with E-state index in [0.717, 1.165) is 23.9 Å². The van der Waals surface area contributed by atoms with Gasteiger partial charge in [-0.05, 0) is 57.5 Å². The van der Waals surface area contributed by atoms with Crippen LogP contribution in [0, 0.1) is 16.7 Å². The van der Waals surface area contributed by atoms with Crippen LogP contribution in [0.2, 0.25) is 0 Å². The van der Waals surface area contributed by atoms with Gasteiger partial charge in [0, 0.05) is 7.05 Å². The maximum atomic E-state index is 8.65. The third-order valence-electron chi connectivity index (χ3n) is 6.36. The first-order valence-electron chi connectivity index (χ1n) is 9.31. The van der Waals surface area contributed by atoms with Crippen LogP contribution >= 0.6 is 0 Å². The molecule has 1 aliphatic heterocycles. The van der Waals surface area contributed by atoms with Crippen LogP contribution in [0.5, 0.6) is 0 Å². The van der Waals surface area contributed by atoms with Crippen molar-refractivity contribution in [2.24, 2.45) is 5.92 Å². The van der Waals surface area contributed by atoms with Gasteiger partial charge in [0.05, 0.1) is 23.0 Å². The van der Waals surface area contributed by atoms with Crippen molar-refractivity contribution in [2.45, 2.75) is 64.1 Å². The number of likely N-dealkylation sites (N-methyl/N-ethyl adjacent to an activating group) is 1. The van der Waals surface area contributed by atoms with Crippen molar-refractivity contribution >= 4 is 24.8 Å². The first kappa shape index (κ1) is 19.1. The molecule has 3 rings (SSSR count). The molecule has 0 spiro atoms. The summed E-state index contributed by atoms with van der Waals surface area (Å²) in [5.41, 5.74) is 1.03. The molecule has 2 fully saturated rings. The Morgan fingerprint density at radius 3 is 2.27 bits per heavy atom. The molecule has 1 saturated heterocycles. The minimum atomic E-state index is -0.399. The second kappa shape index (κ2) is 6.20. The van der Waals surface area contributed by atoms with Gasteiger partial charge in [-0.25, -0.2) is 0 Å². The summed E-state index contributed by atoms with van der Waals surface area (Å²) in [6, 6.07) is 8.27. The van der Waals surface area contributed by atoms with E-state index in [-0.39, 0.29) is 16.6 Å². The largest absolute Gasteiger partial charge is 0.494 e. The summed E-state index contributed by atoms with van der Waals surface area (Å²) in [5.74, 6) is 1.06. The molecule has 140 valence electrons. The molecule has 2 N–H and O–H groups in total. The molecular formula is C20H30BN3O2. The predicted octanol–water partition coefficient (Wildman–Crippen LogP) is 3.17. The fourth-order valence-corrected chi connectivity index (χ4v) is 4.06. The Kier molecular flexibility index (Phi) is 4.56. The Balaban J connectivity index is 1.94. The first-order chi connectivity index (χ1) is 12.0. The molecule has 0 bridgehead atoms. The maximum Gasteiger partial charge on any atom is 0.494 e. The highest BCUT2D eigenvalue weighted by Crippen LogP contribution is 2.48. The van der Waals surface area contributed by atoms with Gasteiger partial charge < -0.3 is 14.2 Å². The molecule has 0 amide bonds. The lowest BCUT2D eigenvalue weighted by molar-refractivity contribution is 0.00578. The highest BCUT2D eigenvalue weighted by atomic mass is 16.7. The van der Waals surface area contributed by atoms with E-state index in [1.54, 1.807) is 11.9 Å². The van der Waals surface area contributed by atoms with Crippen LogP contribution in [0.3, 0.4) is 0 Å². The zero-order valence-corrected chi connectivity index (χ0v) is 16.7. The molecule has 2 aliphatic rings. The van der Waals surface area contributed by atoms with Gasteiger partial charge in [0.1, 0.15) is 5.84 Å². The third kappa shape index (κ3) is 2.89. The van der Waals surface area contributed by atoms with Crippen LogP contribution in [0.4, 0.5) is 0 Å². The lowest BCUT2D eigenvalue weighted by atomic mass is 9.57. The van der Waals surface area contributed by atoms with Crippen molar-refractivity contribution in [1.82, 2.24) is 4.90 Å². The SMILES string of the molecule is CC1CC(C(=N)N(C)C=N)(c2cccc(B3OC(C)(C)C(C)(C)O3)c2)C1. The zero-order chi connectivity index (χ0) is 19.3. The lowest BCUT2D eigenvalue weighted by Crippen LogP contribution is -2.52. The summed E-state index contributed by atoms with van der Waals surface area (Å²) in [7, 11) is 1.38. The van der Waals surface area contributed by atoms with Gasteiger partial charge >= 0.3 is 7.12 Å². The van der Waals surface area contributed by atoms with Crippen LogP contribution in [-0.2, 0) is 14.7 Å². The summed E-state index contributed by atoms with van der Waals surface area (Å²) in [5, 5.41) is 16.2. The van der Waals surface area contributed by atoms with Crippen molar-refractivity contribution in [3.05, 3.63) is 29.8 Å². The molecule has 1 saturated carbocycles. The van der Waals surface area contributed by atoms with Crippen LogP contribution in [0.25, 0.3) is 0 Å². The number of benzene rings is 1. The normalized spacial score (nSPS) is 29.2. The number of hydrogen-bond donors (Lipinski definition) is 2. The smallest absolute Gasteiger partial charge is 0.399 e. The maximum absolute atomic E-state index is 8.65. The van der Waals surface area contributed by atoms with Gasteiger partial charge in [-0.15, -0.1) is 0 Å². The van der Waals surface area contributed by atoms with Gasteiger partial charge in [-0.1, -0.05) is 31.2 Å². The zero-order valence-electron chi connectivity index (χ0n) is 16.7. The molecule has 0 radical (unpaired) electrons. The van der Waals surface area contributed by atoms with E-state index in [0.29, 0.717) is 11.8 Å². The molecule has 5 nitrogen and oxygen atoms in total. The average Bonchev–Trinajstić information content (AvgIpc) is 2.78. The van der Waals surface area contributed by atoms with Gasteiger partial charge in [0.25, 0.3) is 0 Å². The predicted molar refractivity (Wildman–Crippen MR) is 107 cm³/mol. The lowest BCUT2D eigenvalue weighted by Gasteiger charge is -2.48. The van der Waals surface area contributed by atoms with Crippen molar-refractivity contribution in [1.29, 1.82) is 10.8 Å². The van der Waals surface area contributed by atoms with Crippen LogP contribution < -0.4 is 5.46 Å². The van der Waals surface area contributed by atoms with Crippen molar-refractivity contribution < 1.29 is 9.31 Å². The first-order valence-corrected chi connectivity index (χ1v) is 9.31. The second-order valence-electron chi connectivity index (χ2n) is 8.90. The number of nitrogens with one attached hydrogen (secondary N) is 2. The van der Waals surface area contributed by atoms with E-state index in [9.17, 15) is 0 Å². The number of amidine groups is 1. The number of hydrogen-bond acceptors (Lipinski definition) is 4. The molecule has 0 aromatic heterocycles. The summed E-state index contributed by atoms with van der Waals surface area (Å²) in [4.78, 5) is 1.60. The van der Waals surface area contributed by atoms with Gasteiger partial charge in [0.2, 0.25) is 0 Å². The van der Waals surface area contributed by atoms with E-state index in [4.69, 9.17) is 20.1 Å². The van der Waals surface area contributed by atoms with Crippen LogP contribution in [0.1, 0.15) is 53.0 Å². The molecule has 1 aromatic carbocycles. The van der Waals surface area contributed by atoms with Crippen molar-refractivity contribution in [3.63, 3.8) is 0 Å². The molecule has 0 atom stereocenters. The minimum absolute atomic E-state index is 0.328. The van der Waals surface area contributed by atoms with Crippen molar-refractivity contribution in [2.75, 3.05) is 7.05 Å². The summed E-state index contributed by atoms with van der Waals surface area (Å²) < 4.78 is 12.4. The fourth-order valence-electron chi connectivity index (χ4n) is 4.06. The third-order valence-corrected chi connectivity index (χ3v) is 6.36. The molecule has 1 aromatic rings. The van der Waals surface area contributed by atoms with E-state index in [1.165, 1.54) is 6.34 Å². The van der Waals surface area contributed by atoms with E-state index < -0.39 is 7.12 Å².